The Balaban J connectivity index is 4.05. The van der Waals surface area contributed by atoms with Crippen molar-refractivity contribution in [3.05, 3.63) is 0 Å². The zero-order chi connectivity index (χ0) is 29.8. The molecule has 0 aromatic carbocycles. The SMILES string of the molecule is CC(N)CCCCCCCN(CCCCCCNCC(CCCCCCC(C)N)NCCC(C)N)CCC(C)N. The van der Waals surface area contributed by atoms with E-state index in [0.717, 1.165) is 51.9 Å². The Kier molecular flexibility index (Phi) is 28.6. The molecule has 0 heterocycles. The van der Waals surface area contributed by atoms with E-state index >= 15 is 0 Å². The topological polar surface area (TPSA) is 131 Å². The molecule has 0 rings (SSSR count). The highest BCUT2D eigenvalue weighted by Gasteiger charge is 2.09. The summed E-state index contributed by atoms with van der Waals surface area (Å²) < 4.78 is 0. The van der Waals surface area contributed by atoms with E-state index in [1.54, 1.807) is 0 Å². The van der Waals surface area contributed by atoms with Crippen LogP contribution in [0.25, 0.3) is 0 Å². The van der Waals surface area contributed by atoms with E-state index in [1.165, 1.54) is 103 Å². The maximum Gasteiger partial charge on any atom is 0.0192 e. The molecule has 0 aromatic heterocycles. The molecular formula is C33H75N7. The van der Waals surface area contributed by atoms with Gasteiger partial charge in [0, 0.05) is 36.8 Å². The Morgan fingerprint density at radius 1 is 0.450 bits per heavy atom. The van der Waals surface area contributed by atoms with Crippen LogP contribution < -0.4 is 33.6 Å². The summed E-state index contributed by atoms with van der Waals surface area (Å²) in [5.41, 5.74) is 23.8. The molecule has 10 N–H and O–H groups in total. The van der Waals surface area contributed by atoms with Gasteiger partial charge in [-0.25, -0.2) is 0 Å². The van der Waals surface area contributed by atoms with Gasteiger partial charge in [0.1, 0.15) is 0 Å². The maximum atomic E-state index is 6.06. The summed E-state index contributed by atoms with van der Waals surface area (Å²) in [5, 5.41) is 7.49. The molecule has 0 fully saturated rings. The van der Waals surface area contributed by atoms with E-state index in [0.29, 0.717) is 24.2 Å². The maximum absolute atomic E-state index is 6.06. The molecular weight excluding hydrogens is 494 g/mol. The van der Waals surface area contributed by atoms with Crippen LogP contribution in [-0.4, -0.2) is 74.4 Å². The van der Waals surface area contributed by atoms with Crippen molar-refractivity contribution < 1.29 is 0 Å². The summed E-state index contributed by atoms with van der Waals surface area (Å²) in [4.78, 5) is 2.67. The molecule has 0 aliphatic carbocycles. The normalized spacial score (nSPS) is 15.8. The zero-order valence-corrected chi connectivity index (χ0v) is 27.6. The lowest BCUT2D eigenvalue weighted by Gasteiger charge is -2.23. The van der Waals surface area contributed by atoms with E-state index in [2.05, 4.69) is 43.2 Å². The third-order valence-electron chi connectivity index (χ3n) is 8.00. The third kappa shape index (κ3) is 30.7. The molecule has 0 aliphatic rings. The molecule has 0 saturated carbocycles. The fourth-order valence-corrected chi connectivity index (χ4v) is 5.27. The van der Waals surface area contributed by atoms with Gasteiger partial charge in [-0.3, -0.25) is 0 Å². The van der Waals surface area contributed by atoms with Crippen LogP contribution in [0.5, 0.6) is 0 Å². The number of rotatable bonds is 31. The van der Waals surface area contributed by atoms with Crippen LogP contribution in [-0.2, 0) is 0 Å². The number of unbranched alkanes of at least 4 members (excludes halogenated alkanes) is 10. The van der Waals surface area contributed by atoms with E-state index in [1.807, 2.05) is 0 Å². The molecule has 242 valence electrons. The average molecular weight is 570 g/mol. The fourth-order valence-electron chi connectivity index (χ4n) is 5.27. The first-order valence-corrected chi connectivity index (χ1v) is 17.4. The predicted octanol–water partition coefficient (Wildman–Crippen LogP) is 5.25. The molecule has 5 atom stereocenters. The smallest absolute Gasteiger partial charge is 0.0192 e. The van der Waals surface area contributed by atoms with Gasteiger partial charge in [0.25, 0.3) is 0 Å². The summed E-state index contributed by atoms with van der Waals surface area (Å²) in [5.74, 6) is 0. The van der Waals surface area contributed by atoms with Crippen LogP contribution in [0.2, 0.25) is 0 Å². The molecule has 5 unspecified atom stereocenters. The first-order chi connectivity index (χ1) is 19.2. The van der Waals surface area contributed by atoms with Crippen LogP contribution in [0.15, 0.2) is 0 Å². The van der Waals surface area contributed by atoms with Crippen LogP contribution >= 0.6 is 0 Å². The lowest BCUT2D eigenvalue weighted by Crippen LogP contribution is -2.40. The highest BCUT2D eigenvalue weighted by atomic mass is 15.1. The molecule has 0 aliphatic heterocycles. The van der Waals surface area contributed by atoms with E-state index in [4.69, 9.17) is 22.9 Å². The van der Waals surface area contributed by atoms with Gasteiger partial charge in [-0.2, -0.15) is 0 Å². The second-order valence-electron chi connectivity index (χ2n) is 13.1. The second-order valence-corrected chi connectivity index (χ2v) is 13.1. The molecule has 0 spiro atoms. The van der Waals surface area contributed by atoms with Crippen molar-refractivity contribution in [3.63, 3.8) is 0 Å². The number of hydrogen-bond donors (Lipinski definition) is 6. The predicted molar refractivity (Wildman–Crippen MR) is 179 cm³/mol. The Bertz CT molecular complexity index is 499. The number of nitrogens with zero attached hydrogens (tertiary/aromatic N) is 1. The van der Waals surface area contributed by atoms with Crippen molar-refractivity contribution in [1.29, 1.82) is 0 Å². The van der Waals surface area contributed by atoms with Crippen molar-refractivity contribution in [1.82, 2.24) is 15.5 Å². The third-order valence-corrected chi connectivity index (χ3v) is 8.00. The van der Waals surface area contributed by atoms with Gasteiger partial charge in [0.2, 0.25) is 0 Å². The summed E-state index contributed by atoms with van der Waals surface area (Å²) >= 11 is 0. The van der Waals surface area contributed by atoms with Gasteiger partial charge < -0.3 is 38.5 Å². The number of hydrogen-bond acceptors (Lipinski definition) is 7. The van der Waals surface area contributed by atoms with Gasteiger partial charge in [0.15, 0.2) is 0 Å². The largest absolute Gasteiger partial charge is 0.328 e. The Labute approximate surface area is 251 Å². The van der Waals surface area contributed by atoms with E-state index in [-0.39, 0.29) is 6.04 Å². The summed E-state index contributed by atoms with van der Waals surface area (Å²) in [6, 6.07) is 1.81. The molecule has 7 heteroatoms. The summed E-state index contributed by atoms with van der Waals surface area (Å²) in [6.45, 7) is 15.2. The molecule has 0 aromatic rings. The van der Waals surface area contributed by atoms with Gasteiger partial charge in [-0.1, -0.05) is 64.2 Å². The van der Waals surface area contributed by atoms with Crippen LogP contribution in [0.4, 0.5) is 0 Å². The monoisotopic (exact) mass is 570 g/mol. The number of nitrogens with one attached hydrogen (secondary N) is 2. The van der Waals surface area contributed by atoms with Crippen molar-refractivity contribution in [3.8, 4) is 0 Å². The van der Waals surface area contributed by atoms with E-state index < -0.39 is 0 Å². The lowest BCUT2D eigenvalue weighted by atomic mass is 10.0. The molecule has 40 heavy (non-hydrogen) atoms. The molecule has 0 bridgehead atoms. The standard InChI is InChI=1S/C33H75N7/c1-29(34)18-12-6-5-10-16-25-40(27-22-32(4)37)26-17-11-9-15-23-38-28-33(39-24-21-31(3)36)20-14-8-7-13-19-30(2)35/h29-33,38-39H,5-28,34-37H2,1-4H3. The van der Waals surface area contributed by atoms with Crippen molar-refractivity contribution in [2.75, 3.05) is 39.3 Å². The lowest BCUT2D eigenvalue weighted by molar-refractivity contribution is 0.252. The zero-order valence-electron chi connectivity index (χ0n) is 27.6. The summed E-state index contributed by atoms with van der Waals surface area (Å²) in [6.07, 6.45) is 22.7. The quantitative estimate of drug-likeness (QED) is 0.0629. The van der Waals surface area contributed by atoms with Crippen molar-refractivity contribution in [2.24, 2.45) is 22.9 Å². The second kappa shape index (κ2) is 28.8. The van der Waals surface area contributed by atoms with Crippen molar-refractivity contribution >= 4 is 0 Å². The van der Waals surface area contributed by atoms with Crippen LogP contribution in [0.3, 0.4) is 0 Å². The minimum Gasteiger partial charge on any atom is -0.328 e. The number of nitrogens with two attached hydrogens (primary N) is 4. The van der Waals surface area contributed by atoms with Crippen LogP contribution in [0, 0.1) is 0 Å². The first kappa shape index (κ1) is 39.7. The summed E-state index contributed by atoms with van der Waals surface area (Å²) in [7, 11) is 0. The first-order valence-electron chi connectivity index (χ1n) is 17.4. The average Bonchev–Trinajstić information content (AvgIpc) is 2.88. The Morgan fingerprint density at radius 3 is 1.43 bits per heavy atom. The molecule has 0 amide bonds. The van der Waals surface area contributed by atoms with Gasteiger partial charge in [0.05, 0.1) is 0 Å². The minimum absolute atomic E-state index is 0.268. The Hall–Kier alpha value is -0.280. The van der Waals surface area contributed by atoms with Crippen LogP contribution in [0.1, 0.15) is 143 Å². The molecule has 7 nitrogen and oxygen atoms in total. The molecule has 0 saturated heterocycles. The van der Waals surface area contributed by atoms with Gasteiger partial charge in [-0.15, -0.1) is 0 Å². The minimum atomic E-state index is 0.268. The Morgan fingerprint density at radius 2 is 0.900 bits per heavy atom. The fraction of sp³-hybridized carbons (Fsp3) is 1.00. The highest BCUT2D eigenvalue weighted by molar-refractivity contribution is 4.72. The highest BCUT2D eigenvalue weighted by Crippen LogP contribution is 2.11. The van der Waals surface area contributed by atoms with Gasteiger partial charge in [-0.05, 0) is 112 Å². The van der Waals surface area contributed by atoms with Crippen molar-refractivity contribution in [2.45, 2.75) is 173 Å². The van der Waals surface area contributed by atoms with E-state index in [9.17, 15) is 0 Å². The van der Waals surface area contributed by atoms with Gasteiger partial charge >= 0.3 is 0 Å². The molecule has 0 radical (unpaired) electrons.